The van der Waals surface area contributed by atoms with Gasteiger partial charge in [-0.05, 0) is 19.3 Å². The van der Waals surface area contributed by atoms with Gasteiger partial charge in [-0.25, -0.2) is 0 Å². The van der Waals surface area contributed by atoms with Crippen LogP contribution >= 0.6 is 11.3 Å². The second-order valence-corrected chi connectivity index (χ2v) is 6.12. The van der Waals surface area contributed by atoms with Crippen LogP contribution in [0.2, 0.25) is 0 Å². The molecule has 0 atom stereocenters. The molecule has 0 saturated heterocycles. The maximum absolute atomic E-state index is 12.0. The zero-order valence-electron chi connectivity index (χ0n) is 13.0. The van der Waals surface area contributed by atoms with Crippen molar-refractivity contribution in [2.45, 2.75) is 27.2 Å². The summed E-state index contributed by atoms with van der Waals surface area (Å²) < 4.78 is 0. The molecule has 0 aliphatic carbocycles. The Morgan fingerprint density at radius 3 is 2.48 bits per heavy atom. The molecule has 21 heavy (non-hydrogen) atoms. The highest BCUT2D eigenvalue weighted by atomic mass is 32.1. The third-order valence-electron chi connectivity index (χ3n) is 2.95. The number of rotatable bonds is 7. The van der Waals surface area contributed by atoms with Crippen LogP contribution in [0.5, 0.6) is 0 Å². The van der Waals surface area contributed by atoms with Gasteiger partial charge in [0.1, 0.15) is 9.88 Å². The van der Waals surface area contributed by atoms with E-state index in [1.54, 1.807) is 7.05 Å². The van der Waals surface area contributed by atoms with E-state index in [1.165, 1.54) is 11.3 Å². The molecule has 0 radical (unpaired) electrons. The van der Waals surface area contributed by atoms with Gasteiger partial charge in [-0.1, -0.05) is 13.8 Å². The van der Waals surface area contributed by atoms with Gasteiger partial charge in [-0.3, -0.25) is 9.59 Å². The molecular formula is C14H24N4O2S. The molecule has 6 nitrogen and oxygen atoms in total. The molecule has 0 bridgehead atoms. The van der Waals surface area contributed by atoms with Gasteiger partial charge in [0.2, 0.25) is 0 Å². The normalized spacial score (nSPS) is 10.5. The van der Waals surface area contributed by atoms with Crippen LogP contribution in [0, 0.1) is 5.92 Å². The van der Waals surface area contributed by atoms with Crippen LogP contribution in [-0.4, -0.2) is 32.0 Å². The molecule has 1 heterocycles. The lowest BCUT2D eigenvalue weighted by molar-refractivity contribution is 0.0959. The maximum Gasteiger partial charge on any atom is 0.263 e. The molecular weight excluding hydrogens is 288 g/mol. The van der Waals surface area contributed by atoms with Gasteiger partial charge in [-0.15, -0.1) is 11.3 Å². The Morgan fingerprint density at radius 1 is 1.29 bits per heavy atom. The topological polar surface area (TPSA) is 96.2 Å². The van der Waals surface area contributed by atoms with Crippen molar-refractivity contribution >= 4 is 33.8 Å². The second kappa shape index (κ2) is 7.87. The van der Waals surface area contributed by atoms with Crippen LogP contribution in [0.1, 0.15) is 47.2 Å². The Bertz CT molecular complexity index is 511. The lowest BCUT2D eigenvalue weighted by Gasteiger charge is -2.08. The van der Waals surface area contributed by atoms with Crippen LogP contribution in [0.3, 0.4) is 0 Å². The quantitative estimate of drug-likeness (QED) is 0.618. The first-order chi connectivity index (χ1) is 9.92. The SMILES string of the molecule is CCNC(=O)c1sc(NCCC(C)C)c(C(=O)NC)c1N. The summed E-state index contributed by atoms with van der Waals surface area (Å²) in [6.45, 7) is 7.34. The molecule has 0 aromatic carbocycles. The van der Waals surface area contributed by atoms with Crippen LogP contribution in [0.4, 0.5) is 10.7 Å². The molecule has 118 valence electrons. The molecule has 5 N–H and O–H groups in total. The highest BCUT2D eigenvalue weighted by Gasteiger charge is 2.24. The number of carbonyl (C=O) groups excluding carboxylic acids is 2. The van der Waals surface area contributed by atoms with E-state index in [0.29, 0.717) is 27.9 Å². The zero-order valence-corrected chi connectivity index (χ0v) is 13.8. The molecule has 1 aromatic heterocycles. The van der Waals surface area contributed by atoms with E-state index in [9.17, 15) is 9.59 Å². The largest absolute Gasteiger partial charge is 0.397 e. The minimum Gasteiger partial charge on any atom is -0.397 e. The number of nitrogens with one attached hydrogen (secondary N) is 3. The van der Waals surface area contributed by atoms with E-state index in [4.69, 9.17) is 5.73 Å². The van der Waals surface area contributed by atoms with Gasteiger partial charge in [0.15, 0.2) is 0 Å². The lowest BCUT2D eigenvalue weighted by Crippen LogP contribution is -2.23. The van der Waals surface area contributed by atoms with Gasteiger partial charge >= 0.3 is 0 Å². The third kappa shape index (κ3) is 4.35. The number of hydrogen-bond acceptors (Lipinski definition) is 5. The fourth-order valence-electron chi connectivity index (χ4n) is 1.80. The predicted molar refractivity (Wildman–Crippen MR) is 88.1 cm³/mol. The van der Waals surface area contributed by atoms with E-state index in [-0.39, 0.29) is 17.5 Å². The number of hydrogen-bond donors (Lipinski definition) is 4. The fourth-order valence-corrected chi connectivity index (χ4v) is 2.86. The van der Waals surface area contributed by atoms with Crippen molar-refractivity contribution in [1.29, 1.82) is 0 Å². The number of carbonyl (C=O) groups is 2. The molecule has 0 aliphatic heterocycles. The predicted octanol–water partition coefficient (Wildman–Crippen LogP) is 1.90. The Kier molecular flexibility index (Phi) is 6.48. The Hall–Kier alpha value is -1.76. The average molecular weight is 312 g/mol. The molecule has 0 unspecified atom stereocenters. The first kappa shape index (κ1) is 17.3. The van der Waals surface area contributed by atoms with Gasteiger partial charge in [0.25, 0.3) is 11.8 Å². The summed E-state index contributed by atoms with van der Waals surface area (Å²) in [5.41, 5.74) is 6.58. The van der Waals surface area contributed by atoms with Crippen molar-refractivity contribution in [2.75, 3.05) is 31.2 Å². The van der Waals surface area contributed by atoms with Crippen molar-refractivity contribution in [2.24, 2.45) is 5.92 Å². The smallest absolute Gasteiger partial charge is 0.263 e. The standard InChI is InChI=1S/C14H24N4O2S/c1-5-17-13(20)11-10(15)9(12(19)16-4)14(21-11)18-7-6-8(2)3/h8,18H,5-7,15H2,1-4H3,(H,16,19)(H,17,20). The number of nitrogen functional groups attached to an aromatic ring is 1. The van der Waals surface area contributed by atoms with E-state index in [1.807, 2.05) is 6.92 Å². The molecule has 0 fully saturated rings. The molecule has 1 rings (SSSR count). The van der Waals surface area contributed by atoms with Crippen LogP contribution in [0.15, 0.2) is 0 Å². The van der Waals surface area contributed by atoms with Crippen molar-refractivity contribution in [3.8, 4) is 0 Å². The lowest BCUT2D eigenvalue weighted by atomic mass is 10.1. The minimum atomic E-state index is -0.286. The van der Waals surface area contributed by atoms with Gasteiger partial charge < -0.3 is 21.7 Å². The maximum atomic E-state index is 12.0. The second-order valence-electron chi connectivity index (χ2n) is 5.10. The van der Waals surface area contributed by atoms with Crippen molar-refractivity contribution < 1.29 is 9.59 Å². The number of thiophene rings is 1. The number of amides is 2. The van der Waals surface area contributed by atoms with Crippen molar-refractivity contribution in [1.82, 2.24) is 10.6 Å². The summed E-state index contributed by atoms with van der Waals surface area (Å²) in [6, 6.07) is 0. The average Bonchev–Trinajstić information content (AvgIpc) is 2.75. The van der Waals surface area contributed by atoms with E-state index < -0.39 is 0 Å². The number of nitrogens with two attached hydrogens (primary N) is 1. The zero-order chi connectivity index (χ0) is 16.0. The Labute approximate surface area is 129 Å². The summed E-state index contributed by atoms with van der Waals surface area (Å²) in [4.78, 5) is 24.4. The van der Waals surface area contributed by atoms with E-state index in [0.717, 1.165) is 13.0 Å². The third-order valence-corrected chi connectivity index (χ3v) is 4.11. The molecule has 0 aliphatic rings. The molecule has 0 saturated carbocycles. The minimum absolute atomic E-state index is 0.234. The van der Waals surface area contributed by atoms with Gasteiger partial charge in [0, 0.05) is 20.1 Å². The first-order valence-electron chi connectivity index (χ1n) is 7.08. The Morgan fingerprint density at radius 2 is 1.95 bits per heavy atom. The molecule has 1 aromatic rings. The van der Waals surface area contributed by atoms with Crippen molar-refractivity contribution in [3.05, 3.63) is 10.4 Å². The van der Waals surface area contributed by atoms with Gasteiger partial charge in [0.05, 0.1) is 11.3 Å². The van der Waals surface area contributed by atoms with Gasteiger partial charge in [-0.2, -0.15) is 0 Å². The summed E-state index contributed by atoms with van der Waals surface area (Å²) in [5.74, 6) is 0.0227. The van der Waals surface area contributed by atoms with E-state index >= 15 is 0 Å². The van der Waals surface area contributed by atoms with Crippen LogP contribution in [0.25, 0.3) is 0 Å². The molecule has 0 spiro atoms. The summed E-state index contributed by atoms with van der Waals surface area (Å²) >= 11 is 1.22. The Balaban J connectivity index is 3.06. The molecule has 7 heteroatoms. The van der Waals surface area contributed by atoms with Crippen LogP contribution in [-0.2, 0) is 0 Å². The summed E-state index contributed by atoms with van der Waals surface area (Å²) in [6.07, 6.45) is 0.974. The monoisotopic (exact) mass is 312 g/mol. The highest BCUT2D eigenvalue weighted by Crippen LogP contribution is 2.35. The van der Waals surface area contributed by atoms with Crippen LogP contribution < -0.4 is 21.7 Å². The number of anilines is 2. The summed E-state index contributed by atoms with van der Waals surface area (Å²) in [7, 11) is 1.54. The first-order valence-corrected chi connectivity index (χ1v) is 7.90. The highest BCUT2D eigenvalue weighted by molar-refractivity contribution is 7.19. The summed E-state index contributed by atoms with van der Waals surface area (Å²) in [5, 5.41) is 9.13. The molecule has 2 amide bonds. The van der Waals surface area contributed by atoms with Crippen molar-refractivity contribution in [3.63, 3.8) is 0 Å². The fraction of sp³-hybridized carbons (Fsp3) is 0.571. The van der Waals surface area contributed by atoms with E-state index in [2.05, 4.69) is 29.8 Å².